The van der Waals surface area contributed by atoms with Gasteiger partial charge in [0.25, 0.3) is 5.91 Å². The van der Waals surface area contributed by atoms with E-state index in [0.29, 0.717) is 29.2 Å². The summed E-state index contributed by atoms with van der Waals surface area (Å²) in [5, 5.41) is 26.8. The Kier molecular flexibility index (Phi) is 9.43. The van der Waals surface area contributed by atoms with Crippen LogP contribution in [0.4, 0.5) is 5.69 Å². The molecule has 42 heavy (non-hydrogen) atoms. The van der Waals surface area contributed by atoms with Crippen LogP contribution in [-0.4, -0.2) is 42.1 Å². The number of anilines is 1. The van der Waals surface area contributed by atoms with E-state index in [1.807, 2.05) is 85.1 Å². The number of β-amino-alcohol motifs (C(OH)–C–C–N with tert-alkyl or cyclic N) is 1. The number of amides is 1. The Bertz CT molecular complexity index is 1650. The summed E-state index contributed by atoms with van der Waals surface area (Å²) in [5.74, 6) is -0.144. The molecule has 0 aliphatic carbocycles. The van der Waals surface area contributed by atoms with Gasteiger partial charge in [-0.25, -0.2) is 4.21 Å². The molecule has 1 amide bonds. The molecule has 2 atom stereocenters. The molecule has 0 aliphatic rings. The lowest BCUT2D eigenvalue weighted by Crippen LogP contribution is -2.42. The lowest BCUT2D eigenvalue weighted by atomic mass is 9.99. The highest BCUT2D eigenvalue weighted by molar-refractivity contribution is 7.86. The number of hydrogen-bond acceptors (Lipinski definition) is 7. The fourth-order valence-corrected chi connectivity index (χ4v) is 5.89. The van der Waals surface area contributed by atoms with Gasteiger partial charge in [0, 0.05) is 47.0 Å². The van der Waals surface area contributed by atoms with Gasteiger partial charge < -0.3 is 25.0 Å². The van der Waals surface area contributed by atoms with Gasteiger partial charge in [0.2, 0.25) is 0 Å². The molecule has 2 heterocycles. The number of hydrogen-bond donors (Lipinski definition) is 4. The van der Waals surface area contributed by atoms with Crippen molar-refractivity contribution in [2.45, 2.75) is 49.9 Å². The lowest BCUT2D eigenvalue weighted by Gasteiger charge is -2.28. The molecule has 0 bridgehead atoms. The van der Waals surface area contributed by atoms with Crippen LogP contribution in [0.1, 0.15) is 47.3 Å². The summed E-state index contributed by atoms with van der Waals surface area (Å²) < 4.78 is 17.8. The molecule has 0 aliphatic heterocycles. The number of rotatable bonds is 13. The van der Waals surface area contributed by atoms with E-state index in [9.17, 15) is 14.1 Å². The van der Waals surface area contributed by atoms with Crippen molar-refractivity contribution in [2.75, 3.05) is 11.3 Å². The quantitative estimate of drug-likeness (QED) is 0.150. The maximum Gasteiger partial charge on any atom is 0.251 e. The minimum Gasteiger partial charge on any atom is -0.387 e. The molecule has 0 fully saturated rings. The molecule has 2 unspecified atom stereocenters. The van der Waals surface area contributed by atoms with Crippen molar-refractivity contribution in [3.8, 4) is 0 Å². The first-order valence-corrected chi connectivity index (χ1v) is 15.7. The number of aliphatic hydroxyl groups is 1. The summed E-state index contributed by atoms with van der Waals surface area (Å²) in [5.41, 5.74) is 4.49. The van der Waals surface area contributed by atoms with Crippen LogP contribution in [0.25, 0.3) is 10.9 Å². The number of carbonyl (C=O) groups excluding carboxylic acids is 1. The summed E-state index contributed by atoms with van der Waals surface area (Å²) in [4.78, 5) is 13.3. The van der Waals surface area contributed by atoms with Crippen LogP contribution in [0.5, 0.6) is 0 Å². The van der Waals surface area contributed by atoms with Crippen LogP contribution in [0.15, 0.2) is 95.5 Å². The van der Waals surface area contributed by atoms with Crippen LogP contribution < -0.4 is 15.4 Å². The smallest absolute Gasteiger partial charge is 0.251 e. The SMILES string of the molecule is CC(C)(CCn1ccc2cc(C(=O)NCc3nncs3)ccc21)NCC(O)c1cccc(NS(=O)c2ccccc2)c1. The van der Waals surface area contributed by atoms with Gasteiger partial charge in [-0.15, -0.1) is 21.5 Å². The van der Waals surface area contributed by atoms with Crippen molar-refractivity contribution in [2.24, 2.45) is 0 Å². The third kappa shape index (κ3) is 7.68. The van der Waals surface area contributed by atoms with Gasteiger partial charge in [0.05, 0.1) is 17.5 Å². The minimum absolute atomic E-state index is 0.144. The summed E-state index contributed by atoms with van der Waals surface area (Å²) in [6, 6.07) is 24.3. The molecule has 0 saturated heterocycles. The Morgan fingerprint density at radius 2 is 1.90 bits per heavy atom. The van der Waals surface area contributed by atoms with E-state index in [1.54, 1.807) is 5.51 Å². The van der Waals surface area contributed by atoms with Crippen LogP contribution in [0, 0.1) is 0 Å². The summed E-state index contributed by atoms with van der Waals surface area (Å²) in [6.45, 7) is 5.74. The maximum absolute atomic E-state index is 12.6. The van der Waals surface area contributed by atoms with Gasteiger partial charge in [-0.2, -0.15) is 0 Å². The van der Waals surface area contributed by atoms with Crippen molar-refractivity contribution in [3.63, 3.8) is 0 Å². The first-order valence-electron chi connectivity index (χ1n) is 13.7. The van der Waals surface area contributed by atoms with Crippen LogP contribution in [0.3, 0.4) is 0 Å². The summed E-state index contributed by atoms with van der Waals surface area (Å²) >= 11 is 1.41. The summed E-state index contributed by atoms with van der Waals surface area (Å²) in [7, 11) is -1.39. The number of aliphatic hydroxyl groups excluding tert-OH is 1. The highest BCUT2D eigenvalue weighted by atomic mass is 32.2. The van der Waals surface area contributed by atoms with E-state index in [-0.39, 0.29) is 11.4 Å². The zero-order chi connectivity index (χ0) is 29.5. The van der Waals surface area contributed by atoms with Gasteiger partial charge in [0.15, 0.2) is 0 Å². The second kappa shape index (κ2) is 13.4. The molecule has 218 valence electrons. The lowest BCUT2D eigenvalue weighted by molar-refractivity contribution is 0.0951. The fourth-order valence-electron chi connectivity index (χ4n) is 4.57. The number of fused-ring (bicyclic) bond motifs is 1. The average Bonchev–Trinajstić information content (AvgIpc) is 3.68. The summed E-state index contributed by atoms with van der Waals surface area (Å²) in [6.07, 6.45) is 2.14. The van der Waals surface area contributed by atoms with Gasteiger partial charge in [-0.3, -0.25) is 4.79 Å². The van der Waals surface area contributed by atoms with Gasteiger partial charge in [-0.05, 0) is 74.4 Å². The van der Waals surface area contributed by atoms with E-state index < -0.39 is 17.1 Å². The third-order valence-electron chi connectivity index (χ3n) is 7.03. The molecule has 0 spiro atoms. The highest BCUT2D eigenvalue weighted by Crippen LogP contribution is 2.22. The van der Waals surface area contributed by atoms with E-state index >= 15 is 0 Å². The van der Waals surface area contributed by atoms with Gasteiger partial charge in [0.1, 0.15) is 21.5 Å². The molecule has 5 aromatic rings. The first-order chi connectivity index (χ1) is 20.3. The Morgan fingerprint density at radius 3 is 2.69 bits per heavy atom. The first kappa shape index (κ1) is 29.6. The monoisotopic (exact) mass is 602 g/mol. The molecule has 3 aromatic carbocycles. The maximum atomic E-state index is 12.6. The largest absolute Gasteiger partial charge is 0.387 e. The average molecular weight is 603 g/mol. The van der Waals surface area contributed by atoms with Crippen molar-refractivity contribution in [3.05, 3.63) is 107 Å². The predicted molar refractivity (Wildman–Crippen MR) is 168 cm³/mol. The Hall–Kier alpha value is -3.90. The van der Waals surface area contributed by atoms with E-state index in [4.69, 9.17) is 0 Å². The zero-order valence-corrected chi connectivity index (χ0v) is 25.1. The Balaban J connectivity index is 1.13. The van der Waals surface area contributed by atoms with Crippen molar-refractivity contribution < 1.29 is 14.1 Å². The molecule has 11 heteroatoms. The van der Waals surface area contributed by atoms with Crippen LogP contribution in [0.2, 0.25) is 0 Å². The topological polar surface area (TPSA) is 121 Å². The van der Waals surface area contributed by atoms with E-state index in [1.165, 1.54) is 11.3 Å². The van der Waals surface area contributed by atoms with Crippen LogP contribution in [-0.2, 0) is 24.1 Å². The number of aromatic nitrogens is 3. The second-order valence-electron chi connectivity index (χ2n) is 10.6. The van der Waals surface area contributed by atoms with E-state index in [2.05, 4.69) is 44.0 Å². The highest BCUT2D eigenvalue weighted by Gasteiger charge is 2.20. The molecular formula is C31H34N6O3S2. The van der Waals surface area contributed by atoms with Crippen molar-refractivity contribution in [1.82, 2.24) is 25.4 Å². The molecule has 4 N–H and O–H groups in total. The standard InChI is InChI=1S/C31H34N6O3S2/c1-31(2,33-19-28(38)23-7-6-8-25(18-23)36-42(40)26-9-4-3-5-10-26)14-16-37-15-13-22-17-24(11-12-27(22)37)30(39)32-20-29-35-34-21-41-29/h3-13,15,17-18,21,28,33,36,38H,14,16,19-20H2,1-2H3,(H,32,39). The van der Waals surface area contributed by atoms with Gasteiger partial charge >= 0.3 is 0 Å². The van der Waals surface area contributed by atoms with Crippen molar-refractivity contribution >= 4 is 44.8 Å². The molecule has 2 aromatic heterocycles. The molecule has 9 nitrogen and oxygen atoms in total. The van der Waals surface area contributed by atoms with Crippen LogP contribution >= 0.6 is 11.3 Å². The van der Waals surface area contributed by atoms with E-state index in [0.717, 1.165) is 34.4 Å². The number of nitrogens with zero attached hydrogens (tertiary/aromatic N) is 3. The molecule has 0 radical (unpaired) electrons. The van der Waals surface area contributed by atoms with Gasteiger partial charge in [-0.1, -0.05) is 30.3 Å². The number of benzene rings is 3. The molecule has 0 saturated carbocycles. The van der Waals surface area contributed by atoms with Crippen molar-refractivity contribution in [1.29, 1.82) is 0 Å². The Labute approximate surface area is 251 Å². The normalized spacial score (nSPS) is 13.1. The Morgan fingerprint density at radius 1 is 1.07 bits per heavy atom. The molecule has 5 rings (SSSR count). The third-order valence-corrected chi connectivity index (χ3v) is 8.85. The number of carbonyl (C=O) groups is 1. The fraction of sp³-hybridized carbons (Fsp3) is 0.258. The number of aryl methyl sites for hydroxylation is 1. The number of nitrogens with one attached hydrogen (secondary N) is 3. The zero-order valence-electron chi connectivity index (χ0n) is 23.5. The second-order valence-corrected chi connectivity index (χ2v) is 12.8. The predicted octanol–water partition coefficient (Wildman–Crippen LogP) is 5.05. The molecular weight excluding hydrogens is 569 g/mol. The minimum atomic E-state index is -1.39.